The van der Waals surface area contributed by atoms with E-state index in [1.807, 2.05) is 0 Å². The van der Waals surface area contributed by atoms with E-state index in [1.54, 1.807) is 18.2 Å². The predicted molar refractivity (Wildman–Crippen MR) is 99.7 cm³/mol. The molecule has 0 aliphatic carbocycles. The second-order valence-electron chi connectivity index (χ2n) is 5.28. The fraction of sp³-hybridized carbons (Fsp3) is 0.278. The Balaban J connectivity index is 1.83. The van der Waals surface area contributed by atoms with Gasteiger partial charge >= 0.3 is 0 Å². The number of hydrogen-bond donors (Lipinski definition) is 2. The average Bonchev–Trinajstić information content (AvgIpc) is 2.54. The first kappa shape index (κ1) is 17.2. The van der Waals surface area contributed by atoms with Gasteiger partial charge in [-0.15, -0.1) is 0 Å². The molecule has 2 N–H and O–H groups in total. The lowest BCUT2D eigenvalue weighted by Crippen LogP contribution is -2.37. The number of thiocarbonyl (C=S) groups is 1. The van der Waals surface area contributed by atoms with Gasteiger partial charge in [0, 0.05) is 25.3 Å². The fourth-order valence-corrected chi connectivity index (χ4v) is 2.54. The van der Waals surface area contributed by atoms with Crippen LogP contribution in [0.15, 0.2) is 48.5 Å². The topological polar surface area (TPSA) is 27.3 Å². The van der Waals surface area contributed by atoms with Crippen molar-refractivity contribution < 1.29 is 4.39 Å². The lowest BCUT2D eigenvalue weighted by Gasteiger charge is -2.24. The lowest BCUT2D eigenvalue weighted by atomic mass is 10.2. The Morgan fingerprint density at radius 2 is 1.96 bits per heavy atom. The van der Waals surface area contributed by atoms with Gasteiger partial charge in [-0.2, -0.15) is 0 Å². The number of hydrogen-bond acceptors (Lipinski definition) is 2. The Bertz CT molecular complexity index is 660. The summed E-state index contributed by atoms with van der Waals surface area (Å²) in [4.78, 5) is 2.27. The summed E-state index contributed by atoms with van der Waals surface area (Å²) < 4.78 is 13.6. The number of anilines is 2. The van der Waals surface area contributed by atoms with Crippen LogP contribution < -0.4 is 15.5 Å². The summed E-state index contributed by atoms with van der Waals surface area (Å²) in [5.41, 5.74) is 2.82. The van der Waals surface area contributed by atoms with E-state index in [1.165, 1.54) is 17.3 Å². The number of halogens is 1. The first-order chi connectivity index (χ1) is 11.1. The van der Waals surface area contributed by atoms with Crippen molar-refractivity contribution >= 4 is 28.7 Å². The highest BCUT2D eigenvalue weighted by molar-refractivity contribution is 7.80. The highest BCUT2D eigenvalue weighted by Crippen LogP contribution is 2.15. The van der Waals surface area contributed by atoms with E-state index in [9.17, 15) is 4.39 Å². The third-order valence-electron chi connectivity index (χ3n) is 3.54. The maximum atomic E-state index is 13.6. The molecule has 0 bridgehead atoms. The van der Waals surface area contributed by atoms with E-state index in [4.69, 9.17) is 12.2 Å². The zero-order valence-electron chi connectivity index (χ0n) is 13.5. The zero-order chi connectivity index (χ0) is 16.7. The normalized spacial score (nSPS) is 10.2. The maximum absolute atomic E-state index is 13.6. The van der Waals surface area contributed by atoms with Crippen LogP contribution in [-0.2, 0) is 0 Å². The molecule has 0 aliphatic rings. The van der Waals surface area contributed by atoms with Crippen LogP contribution in [0.1, 0.15) is 12.5 Å². The van der Waals surface area contributed by atoms with Crippen LogP contribution in [0.4, 0.5) is 15.8 Å². The number of aryl methyl sites for hydroxylation is 1. The van der Waals surface area contributed by atoms with Crippen molar-refractivity contribution in [1.82, 2.24) is 5.32 Å². The Labute approximate surface area is 142 Å². The molecule has 0 atom stereocenters. The van der Waals surface area contributed by atoms with Crippen molar-refractivity contribution in [3.05, 3.63) is 59.9 Å². The minimum absolute atomic E-state index is 0.313. The van der Waals surface area contributed by atoms with Gasteiger partial charge in [-0.25, -0.2) is 4.39 Å². The van der Waals surface area contributed by atoms with Crippen molar-refractivity contribution in [2.24, 2.45) is 0 Å². The van der Waals surface area contributed by atoms with E-state index >= 15 is 0 Å². The van der Waals surface area contributed by atoms with E-state index in [0.717, 1.165) is 13.1 Å². The van der Waals surface area contributed by atoms with Crippen molar-refractivity contribution in [2.45, 2.75) is 13.8 Å². The van der Waals surface area contributed by atoms with Gasteiger partial charge in [-0.05, 0) is 55.9 Å². The summed E-state index contributed by atoms with van der Waals surface area (Å²) in [6.07, 6.45) is 0. The van der Waals surface area contributed by atoms with Gasteiger partial charge < -0.3 is 15.5 Å². The smallest absolute Gasteiger partial charge is 0.170 e. The highest BCUT2D eigenvalue weighted by Gasteiger charge is 2.06. The summed E-state index contributed by atoms with van der Waals surface area (Å²) in [6, 6.07) is 14.9. The van der Waals surface area contributed by atoms with Crippen molar-refractivity contribution in [3.63, 3.8) is 0 Å². The highest BCUT2D eigenvalue weighted by atomic mass is 32.1. The molecule has 3 nitrogen and oxygen atoms in total. The molecule has 0 spiro atoms. The molecule has 2 aromatic rings. The average molecular weight is 331 g/mol. The first-order valence-corrected chi connectivity index (χ1v) is 8.12. The number of likely N-dealkylation sites (N-methyl/N-ethyl adjacent to an activating group) is 1. The summed E-state index contributed by atoms with van der Waals surface area (Å²) in [5, 5.41) is 6.42. The van der Waals surface area contributed by atoms with Gasteiger partial charge in [0.1, 0.15) is 5.82 Å². The molecule has 23 heavy (non-hydrogen) atoms. The van der Waals surface area contributed by atoms with Crippen molar-refractivity contribution in [2.75, 3.05) is 29.9 Å². The number of nitrogens with zero attached hydrogens (tertiary/aromatic N) is 1. The molecule has 2 rings (SSSR count). The molecule has 0 heterocycles. The third kappa shape index (κ3) is 5.21. The van der Waals surface area contributed by atoms with E-state index in [-0.39, 0.29) is 5.82 Å². The maximum Gasteiger partial charge on any atom is 0.170 e. The molecule has 0 unspecified atom stereocenters. The van der Waals surface area contributed by atoms with Gasteiger partial charge in [0.25, 0.3) is 0 Å². The molecule has 0 aliphatic heterocycles. The van der Waals surface area contributed by atoms with E-state index < -0.39 is 0 Å². The third-order valence-corrected chi connectivity index (χ3v) is 3.78. The van der Waals surface area contributed by atoms with Crippen LogP contribution in [0, 0.1) is 12.7 Å². The number of nitrogens with one attached hydrogen (secondary N) is 2. The summed E-state index contributed by atoms with van der Waals surface area (Å²) in [7, 11) is 0. The second-order valence-corrected chi connectivity index (χ2v) is 5.69. The van der Waals surface area contributed by atoms with Crippen molar-refractivity contribution in [1.29, 1.82) is 0 Å². The van der Waals surface area contributed by atoms with Crippen LogP contribution in [0.3, 0.4) is 0 Å². The Hall–Kier alpha value is -2.14. The first-order valence-electron chi connectivity index (χ1n) is 7.71. The molecule has 0 saturated carbocycles. The van der Waals surface area contributed by atoms with Gasteiger partial charge in [-0.3, -0.25) is 0 Å². The van der Waals surface area contributed by atoms with Crippen LogP contribution in [0.25, 0.3) is 0 Å². The minimum Gasteiger partial charge on any atom is -0.370 e. The monoisotopic (exact) mass is 331 g/mol. The SMILES string of the molecule is CCN(CCNC(=S)Nc1ccccc1F)c1cccc(C)c1. The molecular weight excluding hydrogens is 309 g/mol. The van der Waals surface area contributed by atoms with Crippen LogP contribution in [-0.4, -0.2) is 24.7 Å². The number of benzene rings is 2. The molecule has 0 amide bonds. The summed E-state index contributed by atoms with van der Waals surface area (Å²) in [5.74, 6) is -0.313. The predicted octanol–water partition coefficient (Wildman–Crippen LogP) is 3.95. The second kappa shape index (κ2) is 8.48. The van der Waals surface area contributed by atoms with Gasteiger partial charge in [0.05, 0.1) is 5.69 Å². The lowest BCUT2D eigenvalue weighted by molar-refractivity contribution is 0.632. The Kier molecular flexibility index (Phi) is 6.35. The number of rotatable bonds is 6. The summed E-state index contributed by atoms with van der Waals surface area (Å²) >= 11 is 5.21. The van der Waals surface area contributed by atoms with Crippen molar-refractivity contribution in [3.8, 4) is 0 Å². The molecule has 5 heteroatoms. The number of para-hydroxylation sites is 1. The van der Waals surface area contributed by atoms with Crippen LogP contribution >= 0.6 is 12.2 Å². The quantitative estimate of drug-likeness (QED) is 0.784. The molecule has 0 aromatic heterocycles. The van der Waals surface area contributed by atoms with Crippen LogP contribution in [0.5, 0.6) is 0 Å². The summed E-state index contributed by atoms with van der Waals surface area (Å²) in [6.45, 7) is 6.63. The molecule has 2 aromatic carbocycles. The van der Waals surface area contributed by atoms with Gasteiger partial charge in [0.15, 0.2) is 5.11 Å². The fourth-order valence-electron chi connectivity index (χ4n) is 2.33. The largest absolute Gasteiger partial charge is 0.370 e. The van der Waals surface area contributed by atoms with E-state index in [0.29, 0.717) is 17.3 Å². The van der Waals surface area contributed by atoms with Crippen LogP contribution in [0.2, 0.25) is 0 Å². The molecule has 0 radical (unpaired) electrons. The van der Waals surface area contributed by atoms with E-state index in [2.05, 4.69) is 53.6 Å². The minimum atomic E-state index is -0.313. The molecule has 0 fully saturated rings. The standard InChI is InChI=1S/C18H22FN3S/c1-3-22(15-8-6-7-14(2)13-15)12-11-20-18(23)21-17-10-5-4-9-16(17)19/h4-10,13H,3,11-12H2,1-2H3,(H2,20,21,23). The van der Waals surface area contributed by atoms with Gasteiger partial charge in [0.2, 0.25) is 0 Å². The Morgan fingerprint density at radius 1 is 1.17 bits per heavy atom. The Morgan fingerprint density at radius 3 is 2.65 bits per heavy atom. The van der Waals surface area contributed by atoms with Gasteiger partial charge in [-0.1, -0.05) is 24.3 Å². The molecular formula is C18H22FN3S. The zero-order valence-corrected chi connectivity index (χ0v) is 14.3. The molecule has 0 saturated heterocycles. The molecule has 122 valence electrons.